The second-order valence-electron chi connectivity index (χ2n) is 5.53. The van der Waals surface area contributed by atoms with Crippen LogP contribution in [0.15, 0.2) is 53.4 Å². The molecule has 7 nitrogen and oxygen atoms in total. The first-order valence-corrected chi connectivity index (χ1v) is 9.85. The van der Waals surface area contributed by atoms with Crippen molar-refractivity contribution >= 4 is 39.2 Å². The molecule has 0 bridgehead atoms. The van der Waals surface area contributed by atoms with E-state index in [1.807, 2.05) is 0 Å². The minimum absolute atomic E-state index is 0.0223. The molecule has 0 heterocycles. The van der Waals surface area contributed by atoms with Gasteiger partial charge in [-0.25, -0.2) is 13.2 Å². The fourth-order valence-electron chi connectivity index (χ4n) is 2.24. The zero-order valence-corrected chi connectivity index (χ0v) is 16.4. The van der Waals surface area contributed by atoms with Gasteiger partial charge in [-0.05, 0) is 43.3 Å². The van der Waals surface area contributed by atoms with Crippen molar-refractivity contribution in [3.05, 3.63) is 59.1 Å². The molecule has 0 saturated heterocycles. The smallest absolute Gasteiger partial charge is 0.340 e. The first-order chi connectivity index (χ1) is 12.8. The lowest BCUT2D eigenvalue weighted by molar-refractivity contribution is -0.116. The van der Waals surface area contributed by atoms with Crippen molar-refractivity contribution in [2.24, 2.45) is 0 Å². The minimum atomic E-state index is -3.86. The summed E-state index contributed by atoms with van der Waals surface area (Å²) in [6.07, 6.45) is 0. The van der Waals surface area contributed by atoms with E-state index in [0.717, 1.165) is 4.31 Å². The Hall–Kier alpha value is -2.42. The van der Waals surface area contributed by atoms with E-state index in [1.54, 1.807) is 19.1 Å². The number of likely N-dealkylation sites (N-methyl/N-ethyl adjacent to an activating group) is 1. The fourth-order valence-corrected chi connectivity index (χ4v) is 3.50. The minimum Gasteiger partial charge on any atom is -0.462 e. The van der Waals surface area contributed by atoms with Crippen molar-refractivity contribution in [3.8, 4) is 0 Å². The highest BCUT2D eigenvalue weighted by Gasteiger charge is 2.23. The van der Waals surface area contributed by atoms with Crippen molar-refractivity contribution in [1.82, 2.24) is 4.31 Å². The Balaban J connectivity index is 2.12. The number of ether oxygens (including phenoxy) is 1. The Morgan fingerprint density at radius 3 is 2.37 bits per heavy atom. The van der Waals surface area contributed by atoms with Crippen LogP contribution >= 0.6 is 11.6 Å². The van der Waals surface area contributed by atoms with Gasteiger partial charge in [0.05, 0.1) is 29.3 Å². The summed E-state index contributed by atoms with van der Waals surface area (Å²) in [6.45, 7) is 1.45. The van der Waals surface area contributed by atoms with Crippen molar-refractivity contribution in [2.75, 3.05) is 25.5 Å². The van der Waals surface area contributed by atoms with E-state index in [-0.39, 0.29) is 22.8 Å². The largest absolute Gasteiger partial charge is 0.462 e. The zero-order chi connectivity index (χ0) is 20.0. The van der Waals surface area contributed by atoms with Gasteiger partial charge >= 0.3 is 5.97 Å². The van der Waals surface area contributed by atoms with Gasteiger partial charge in [0.25, 0.3) is 0 Å². The number of esters is 1. The normalized spacial score (nSPS) is 11.3. The molecule has 0 aliphatic rings. The Morgan fingerprint density at radius 1 is 1.11 bits per heavy atom. The van der Waals surface area contributed by atoms with Crippen LogP contribution in [0.2, 0.25) is 5.02 Å². The Morgan fingerprint density at radius 2 is 1.74 bits per heavy atom. The van der Waals surface area contributed by atoms with Crippen LogP contribution in [0, 0.1) is 0 Å². The van der Waals surface area contributed by atoms with Crippen molar-refractivity contribution in [2.45, 2.75) is 11.8 Å². The fraction of sp³-hybridized carbons (Fsp3) is 0.222. The van der Waals surface area contributed by atoms with E-state index in [0.29, 0.717) is 5.02 Å². The number of hydrogen-bond donors (Lipinski definition) is 1. The molecule has 0 aromatic heterocycles. The van der Waals surface area contributed by atoms with Crippen LogP contribution in [0.1, 0.15) is 17.3 Å². The number of sulfonamides is 1. The molecular weight excluding hydrogens is 392 g/mol. The van der Waals surface area contributed by atoms with Gasteiger partial charge in [0.1, 0.15) is 0 Å². The molecule has 1 N–H and O–H groups in total. The highest BCUT2D eigenvalue weighted by atomic mass is 35.5. The predicted octanol–water partition coefficient (Wildman–Crippen LogP) is 2.78. The van der Waals surface area contributed by atoms with Gasteiger partial charge in [0.2, 0.25) is 15.9 Å². The average molecular weight is 411 g/mol. The molecule has 1 amide bonds. The summed E-state index contributed by atoms with van der Waals surface area (Å²) >= 11 is 5.77. The third-order valence-electron chi connectivity index (χ3n) is 3.58. The molecule has 0 aliphatic carbocycles. The van der Waals surface area contributed by atoms with Crippen molar-refractivity contribution in [3.63, 3.8) is 0 Å². The third-order valence-corrected chi connectivity index (χ3v) is 5.65. The number of carbonyl (C=O) groups excluding carboxylic acids is 2. The number of halogens is 1. The Bertz CT molecular complexity index is 929. The summed E-state index contributed by atoms with van der Waals surface area (Å²) in [5, 5.41) is 2.95. The highest BCUT2D eigenvalue weighted by molar-refractivity contribution is 7.89. The number of benzene rings is 2. The molecule has 2 aromatic carbocycles. The topological polar surface area (TPSA) is 92.8 Å². The van der Waals surface area contributed by atoms with E-state index in [4.69, 9.17) is 16.3 Å². The number of anilines is 1. The quantitative estimate of drug-likeness (QED) is 0.708. The van der Waals surface area contributed by atoms with E-state index in [2.05, 4.69) is 5.32 Å². The predicted molar refractivity (Wildman–Crippen MR) is 102 cm³/mol. The Labute approximate surface area is 162 Å². The molecule has 2 rings (SSSR count). The maximum absolute atomic E-state index is 12.5. The number of para-hydroxylation sites is 1. The second kappa shape index (κ2) is 8.98. The second-order valence-corrected chi connectivity index (χ2v) is 8.01. The van der Waals surface area contributed by atoms with Crippen LogP contribution in [0.3, 0.4) is 0 Å². The summed E-state index contributed by atoms with van der Waals surface area (Å²) in [5.74, 6) is -1.16. The SMILES string of the molecule is CCOC(=O)c1ccccc1NC(=O)CN(C)S(=O)(=O)c1ccc(Cl)cc1. The number of amides is 1. The van der Waals surface area contributed by atoms with Crippen LogP contribution in [0.4, 0.5) is 5.69 Å². The van der Waals surface area contributed by atoms with Crippen LogP contribution in [-0.4, -0.2) is 44.8 Å². The first kappa shape index (κ1) is 20.9. The van der Waals surface area contributed by atoms with Crippen LogP contribution < -0.4 is 5.32 Å². The van der Waals surface area contributed by atoms with E-state index in [1.165, 1.54) is 43.4 Å². The highest BCUT2D eigenvalue weighted by Crippen LogP contribution is 2.19. The van der Waals surface area contributed by atoms with Gasteiger partial charge in [0.15, 0.2) is 0 Å². The van der Waals surface area contributed by atoms with Gasteiger partial charge in [0, 0.05) is 12.1 Å². The van der Waals surface area contributed by atoms with Crippen LogP contribution in [-0.2, 0) is 19.6 Å². The maximum atomic E-state index is 12.5. The summed E-state index contributed by atoms with van der Waals surface area (Å²) in [4.78, 5) is 24.3. The number of carbonyl (C=O) groups is 2. The molecule has 27 heavy (non-hydrogen) atoms. The molecule has 0 radical (unpaired) electrons. The third kappa shape index (κ3) is 5.29. The molecule has 9 heteroatoms. The molecule has 144 valence electrons. The molecule has 2 aromatic rings. The lowest BCUT2D eigenvalue weighted by Crippen LogP contribution is -2.35. The van der Waals surface area contributed by atoms with Crippen molar-refractivity contribution < 1.29 is 22.7 Å². The van der Waals surface area contributed by atoms with E-state index in [9.17, 15) is 18.0 Å². The number of nitrogens with one attached hydrogen (secondary N) is 1. The van der Waals surface area contributed by atoms with Gasteiger partial charge in [-0.3, -0.25) is 4.79 Å². The van der Waals surface area contributed by atoms with Crippen molar-refractivity contribution in [1.29, 1.82) is 0 Å². The average Bonchev–Trinajstić information content (AvgIpc) is 2.62. The van der Waals surface area contributed by atoms with Crippen LogP contribution in [0.25, 0.3) is 0 Å². The van der Waals surface area contributed by atoms with Gasteiger partial charge in [-0.2, -0.15) is 4.31 Å². The monoisotopic (exact) mass is 410 g/mol. The summed E-state index contributed by atoms with van der Waals surface area (Å²) in [5.41, 5.74) is 0.439. The summed E-state index contributed by atoms with van der Waals surface area (Å²) < 4.78 is 30.9. The van der Waals surface area contributed by atoms with Gasteiger partial charge in [-0.15, -0.1) is 0 Å². The number of hydrogen-bond acceptors (Lipinski definition) is 5. The van der Waals surface area contributed by atoms with Gasteiger partial charge < -0.3 is 10.1 Å². The molecule has 0 atom stereocenters. The molecular formula is C18H19ClN2O5S. The number of nitrogens with zero attached hydrogens (tertiary/aromatic N) is 1. The first-order valence-electron chi connectivity index (χ1n) is 8.03. The lowest BCUT2D eigenvalue weighted by Gasteiger charge is -2.17. The maximum Gasteiger partial charge on any atom is 0.340 e. The lowest BCUT2D eigenvalue weighted by atomic mass is 10.2. The summed E-state index contributed by atoms with van der Waals surface area (Å²) in [6, 6.07) is 12.0. The number of rotatable bonds is 7. The molecule has 0 aliphatic heterocycles. The van der Waals surface area contributed by atoms with Gasteiger partial charge in [-0.1, -0.05) is 23.7 Å². The summed E-state index contributed by atoms with van der Waals surface area (Å²) in [7, 11) is -2.56. The molecule has 0 spiro atoms. The molecule has 0 saturated carbocycles. The standard InChI is InChI=1S/C18H19ClN2O5S/c1-3-26-18(23)15-6-4-5-7-16(15)20-17(22)12-21(2)27(24,25)14-10-8-13(19)9-11-14/h4-11H,3,12H2,1-2H3,(H,20,22). The zero-order valence-electron chi connectivity index (χ0n) is 14.8. The Kier molecular flexibility index (Phi) is 6.95. The molecule has 0 unspecified atom stereocenters. The van der Waals surface area contributed by atoms with E-state index >= 15 is 0 Å². The van der Waals surface area contributed by atoms with E-state index < -0.39 is 28.4 Å². The van der Waals surface area contributed by atoms with Crippen LogP contribution in [0.5, 0.6) is 0 Å². The molecule has 0 fully saturated rings.